The van der Waals surface area contributed by atoms with E-state index in [0.717, 1.165) is 32.3 Å². The third-order valence-corrected chi connectivity index (χ3v) is 6.79. The lowest BCUT2D eigenvalue weighted by molar-refractivity contribution is -0.113. The van der Waals surface area contributed by atoms with Crippen molar-refractivity contribution in [2.75, 3.05) is 11.1 Å². The molecule has 0 saturated heterocycles. The van der Waals surface area contributed by atoms with Crippen molar-refractivity contribution in [2.24, 2.45) is 0 Å². The molecule has 26 heavy (non-hydrogen) atoms. The van der Waals surface area contributed by atoms with Crippen molar-refractivity contribution in [3.05, 3.63) is 46.1 Å². The maximum absolute atomic E-state index is 12.4. The monoisotopic (exact) mass is 383 g/mol. The summed E-state index contributed by atoms with van der Waals surface area (Å²) in [6, 6.07) is 7.83. The first kappa shape index (κ1) is 17.5. The summed E-state index contributed by atoms with van der Waals surface area (Å²) in [5.74, 6) is 1.79. The van der Waals surface area contributed by atoms with Crippen LogP contribution in [0.5, 0.6) is 0 Å². The molecule has 4 nitrogen and oxygen atoms in total. The van der Waals surface area contributed by atoms with E-state index in [4.69, 9.17) is 9.97 Å². The highest BCUT2D eigenvalue weighted by molar-refractivity contribution is 8.00. The molecule has 0 aliphatic heterocycles. The molecule has 4 rings (SSSR count). The van der Waals surface area contributed by atoms with Crippen LogP contribution in [-0.2, 0) is 4.79 Å². The van der Waals surface area contributed by atoms with Gasteiger partial charge in [0.1, 0.15) is 15.7 Å². The van der Waals surface area contributed by atoms with E-state index in [1.807, 2.05) is 31.2 Å². The topological polar surface area (TPSA) is 54.9 Å². The first-order valence-corrected chi connectivity index (χ1v) is 10.6. The molecule has 1 saturated carbocycles. The van der Waals surface area contributed by atoms with Crippen LogP contribution in [0.2, 0.25) is 0 Å². The Balaban J connectivity index is 1.56. The molecule has 0 bridgehead atoms. The van der Waals surface area contributed by atoms with Gasteiger partial charge in [-0.3, -0.25) is 4.79 Å². The lowest BCUT2D eigenvalue weighted by Gasteiger charge is -2.09. The van der Waals surface area contributed by atoms with E-state index in [1.165, 1.54) is 35.0 Å². The van der Waals surface area contributed by atoms with E-state index in [2.05, 4.69) is 19.2 Å². The Morgan fingerprint density at radius 3 is 2.73 bits per heavy atom. The summed E-state index contributed by atoms with van der Waals surface area (Å²) in [6.45, 7) is 6.24. The van der Waals surface area contributed by atoms with Crippen molar-refractivity contribution in [2.45, 2.75) is 44.6 Å². The molecule has 1 aliphatic rings. The van der Waals surface area contributed by atoms with Crippen LogP contribution >= 0.6 is 23.1 Å². The molecule has 2 heterocycles. The zero-order chi connectivity index (χ0) is 18.3. The summed E-state index contributed by atoms with van der Waals surface area (Å²) in [4.78, 5) is 24.3. The van der Waals surface area contributed by atoms with Gasteiger partial charge in [0, 0.05) is 21.9 Å². The SMILES string of the molecule is Cc1ccccc1NC(=O)CSc1nc(C2CC2)nc2sc(C)c(C)c12. The van der Waals surface area contributed by atoms with Gasteiger partial charge in [-0.05, 0) is 50.8 Å². The number of carbonyl (C=O) groups is 1. The number of hydrogen-bond donors (Lipinski definition) is 1. The third-order valence-electron chi connectivity index (χ3n) is 4.71. The molecule has 1 fully saturated rings. The van der Waals surface area contributed by atoms with Gasteiger partial charge in [-0.1, -0.05) is 30.0 Å². The lowest BCUT2D eigenvalue weighted by atomic mass is 10.2. The number of fused-ring (bicyclic) bond motifs is 1. The van der Waals surface area contributed by atoms with Gasteiger partial charge >= 0.3 is 0 Å². The number of hydrogen-bond acceptors (Lipinski definition) is 5. The standard InChI is InChI=1S/C20H21N3OS2/c1-11-6-4-5-7-15(11)21-16(24)10-25-19-17-12(2)13(3)26-20(17)23-18(22-19)14-8-9-14/h4-7,14H,8-10H2,1-3H3,(H,21,24). The van der Waals surface area contributed by atoms with Crippen molar-refractivity contribution in [3.8, 4) is 0 Å². The van der Waals surface area contributed by atoms with Crippen LogP contribution in [0.15, 0.2) is 29.3 Å². The number of anilines is 1. The molecule has 0 spiro atoms. The molecule has 6 heteroatoms. The maximum Gasteiger partial charge on any atom is 0.234 e. The van der Waals surface area contributed by atoms with Crippen LogP contribution in [0.1, 0.15) is 40.6 Å². The minimum Gasteiger partial charge on any atom is -0.325 e. The number of benzene rings is 1. The second kappa shape index (κ2) is 7.00. The van der Waals surface area contributed by atoms with E-state index < -0.39 is 0 Å². The third kappa shape index (κ3) is 3.48. The highest BCUT2D eigenvalue weighted by atomic mass is 32.2. The Morgan fingerprint density at radius 1 is 1.23 bits per heavy atom. The zero-order valence-corrected chi connectivity index (χ0v) is 16.8. The highest BCUT2D eigenvalue weighted by Crippen LogP contribution is 2.42. The van der Waals surface area contributed by atoms with Crippen molar-refractivity contribution in [1.82, 2.24) is 9.97 Å². The minimum absolute atomic E-state index is 0.00589. The molecule has 1 amide bonds. The highest BCUT2D eigenvalue weighted by Gasteiger charge is 2.28. The van der Waals surface area contributed by atoms with Crippen LogP contribution in [0.3, 0.4) is 0 Å². The smallest absolute Gasteiger partial charge is 0.234 e. The number of nitrogens with one attached hydrogen (secondary N) is 1. The molecule has 1 aromatic carbocycles. The molecule has 2 aromatic heterocycles. The molecule has 0 atom stereocenters. The van der Waals surface area contributed by atoms with E-state index in [0.29, 0.717) is 11.7 Å². The minimum atomic E-state index is -0.00589. The van der Waals surface area contributed by atoms with Gasteiger partial charge in [0.15, 0.2) is 0 Å². The fourth-order valence-corrected chi connectivity index (χ4v) is 4.88. The predicted octanol–water partition coefficient (Wildman–Crippen LogP) is 5.22. The zero-order valence-electron chi connectivity index (χ0n) is 15.1. The largest absolute Gasteiger partial charge is 0.325 e. The van der Waals surface area contributed by atoms with E-state index >= 15 is 0 Å². The first-order chi connectivity index (χ1) is 12.5. The van der Waals surface area contributed by atoms with Gasteiger partial charge in [0.2, 0.25) is 5.91 Å². The fourth-order valence-electron chi connectivity index (χ4n) is 2.89. The normalized spacial score (nSPS) is 14.0. The molecule has 0 unspecified atom stereocenters. The van der Waals surface area contributed by atoms with Gasteiger partial charge in [-0.15, -0.1) is 11.3 Å². The van der Waals surface area contributed by atoms with Crippen LogP contribution < -0.4 is 5.32 Å². The van der Waals surface area contributed by atoms with Gasteiger partial charge in [0.25, 0.3) is 0 Å². The summed E-state index contributed by atoms with van der Waals surface area (Å²) in [7, 11) is 0. The molecular formula is C20H21N3OS2. The summed E-state index contributed by atoms with van der Waals surface area (Å²) in [5, 5.41) is 5.06. The van der Waals surface area contributed by atoms with Crippen LogP contribution in [-0.4, -0.2) is 21.6 Å². The van der Waals surface area contributed by atoms with Crippen LogP contribution in [0.25, 0.3) is 10.2 Å². The van der Waals surface area contributed by atoms with E-state index in [9.17, 15) is 4.79 Å². The van der Waals surface area contributed by atoms with Crippen molar-refractivity contribution >= 4 is 44.9 Å². The summed E-state index contributed by atoms with van der Waals surface area (Å²) in [5.41, 5.74) is 3.16. The average Bonchev–Trinajstić information content (AvgIpc) is 3.42. The average molecular weight is 384 g/mol. The molecule has 1 N–H and O–H groups in total. The number of aromatic nitrogens is 2. The number of thiophene rings is 1. The van der Waals surface area contributed by atoms with Gasteiger partial charge < -0.3 is 5.32 Å². The summed E-state index contributed by atoms with van der Waals surface area (Å²) >= 11 is 3.24. The predicted molar refractivity (Wildman–Crippen MR) is 109 cm³/mol. The molecule has 3 aromatic rings. The number of amides is 1. The van der Waals surface area contributed by atoms with Crippen molar-refractivity contribution in [3.63, 3.8) is 0 Å². The molecular weight excluding hydrogens is 362 g/mol. The number of nitrogens with zero attached hydrogens (tertiary/aromatic N) is 2. The Labute approximate surface area is 161 Å². The van der Waals surface area contributed by atoms with Gasteiger partial charge in [0.05, 0.1) is 5.75 Å². The first-order valence-electron chi connectivity index (χ1n) is 8.79. The number of carbonyl (C=O) groups excluding carboxylic acids is 1. The van der Waals surface area contributed by atoms with Gasteiger partial charge in [-0.25, -0.2) is 9.97 Å². The number of aryl methyl sites for hydroxylation is 3. The molecule has 1 aliphatic carbocycles. The quantitative estimate of drug-likeness (QED) is 0.484. The number of rotatable bonds is 5. The number of thioether (sulfide) groups is 1. The molecule has 0 radical (unpaired) electrons. The van der Waals surface area contributed by atoms with Crippen LogP contribution in [0.4, 0.5) is 5.69 Å². The second-order valence-electron chi connectivity index (χ2n) is 6.78. The maximum atomic E-state index is 12.4. The van der Waals surface area contributed by atoms with Gasteiger partial charge in [-0.2, -0.15) is 0 Å². The Morgan fingerprint density at radius 2 is 2.00 bits per heavy atom. The Hall–Kier alpha value is -1.92. The van der Waals surface area contributed by atoms with Crippen LogP contribution in [0, 0.1) is 20.8 Å². The van der Waals surface area contributed by atoms with E-state index in [1.54, 1.807) is 11.3 Å². The van der Waals surface area contributed by atoms with E-state index in [-0.39, 0.29) is 5.91 Å². The second-order valence-corrected chi connectivity index (χ2v) is 8.94. The fraction of sp³-hybridized carbons (Fsp3) is 0.350. The Kier molecular flexibility index (Phi) is 4.71. The van der Waals surface area contributed by atoms with Crippen molar-refractivity contribution in [1.29, 1.82) is 0 Å². The Bertz CT molecular complexity index is 992. The van der Waals surface area contributed by atoms with Crippen molar-refractivity contribution < 1.29 is 4.79 Å². The number of para-hydroxylation sites is 1. The lowest BCUT2D eigenvalue weighted by Crippen LogP contribution is -2.15. The summed E-state index contributed by atoms with van der Waals surface area (Å²) in [6.07, 6.45) is 2.35. The summed E-state index contributed by atoms with van der Waals surface area (Å²) < 4.78 is 0. The molecule has 134 valence electrons.